The van der Waals surface area contributed by atoms with Gasteiger partial charge in [0.25, 0.3) is 0 Å². The third-order valence-corrected chi connectivity index (χ3v) is 2.79. The summed E-state index contributed by atoms with van der Waals surface area (Å²) in [6.45, 7) is 4.49. The molecule has 3 nitrogen and oxygen atoms in total. The van der Waals surface area contributed by atoms with Gasteiger partial charge in [-0.25, -0.2) is 0 Å². The second-order valence-electron chi connectivity index (χ2n) is 4.19. The van der Waals surface area contributed by atoms with E-state index in [9.17, 15) is 0 Å². The summed E-state index contributed by atoms with van der Waals surface area (Å²) in [4.78, 5) is 0. The van der Waals surface area contributed by atoms with Crippen molar-refractivity contribution < 1.29 is 9.47 Å². The van der Waals surface area contributed by atoms with Crippen LogP contribution in [0.4, 0.5) is 0 Å². The lowest BCUT2D eigenvalue weighted by Crippen LogP contribution is -2.31. The molecular formula is C14H23NO2. The first kappa shape index (κ1) is 14.2. The molecule has 0 heterocycles. The topological polar surface area (TPSA) is 30.5 Å². The standard InChI is InChI=1S/C14H23NO2/c1-4-14(11-17-3)15-9-12-5-7-13(8-6-12)10-16-2/h5-8,14-15H,4,9-11H2,1-3H3. The Morgan fingerprint density at radius 2 is 1.71 bits per heavy atom. The van der Waals surface area contributed by atoms with Crippen LogP contribution in [0.5, 0.6) is 0 Å². The first-order chi connectivity index (χ1) is 8.30. The maximum absolute atomic E-state index is 5.16. The van der Waals surface area contributed by atoms with E-state index in [-0.39, 0.29) is 0 Å². The van der Waals surface area contributed by atoms with Crippen LogP contribution in [0.1, 0.15) is 24.5 Å². The zero-order valence-electron chi connectivity index (χ0n) is 11.0. The SMILES string of the molecule is CCC(COC)NCc1ccc(COC)cc1. The molecule has 1 unspecified atom stereocenters. The average molecular weight is 237 g/mol. The largest absolute Gasteiger partial charge is 0.383 e. The Hall–Kier alpha value is -0.900. The van der Waals surface area contributed by atoms with E-state index in [1.807, 2.05) is 0 Å². The zero-order valence-corrected chi connectivity index (χ0v) is 11.0. The Morgan fingerprint density at radius 3 is 2.24 bits per heavy atom. The number of hydrogen-bond donors (Lipinski definition) is 1. The molecule has 0 fully saturated rings. The van der Waals surface area contributed by atoms with Crippen LogP contribution in [0.25, 0.3) is 0 Å². The fourth-order valence-electron chi connectivity index (χ4n) is 1.70. The average Bonchev–Trinajstić information content (AvgIpc) is 2.36. The molecule has 0 aromatic heterocycles. The van der Waals surface area contributed by atoms with E-state index in [0.29, 0.717) is 12.6 Å². The Bertz CT molecular complexity index is 298. The Labute approximate surface area is 104 Å². The lowest BCUT2D eigenvalue weighted by Gasteiger charge is -2.15. The van der Waals surface area contributed by atoms with Gasteiger partial charge < -0.3 is 14.8 Å². The van der Waals surface area contributed by atoms with Crippen molar-refractivity contribution in [2.24, 2.45) is 0 Å². The van der Waals surface area contributed by atoms with Gasteiger partial charge in [-0.2, -0.15) is 0 Å². The quantitative estimate of drug-likeness (QED) is 0.753. The second kappa shape index (κ2) is 8.23. The molecule has 1 aromatic carbocycles. The summed E-state index contributed by atoms with van der Waals surface area (Å²) in [5.41, 5.74) is 2.50. The summed E-state index contributed by atoms with van der Waals surface area (Å²) in [6, 6.07) is 8.93. The van der Waals surface area contributed by atoms with Gasteiger partial charge in [-0.15, -0.1) is 0 Å². The van der Waals surface area contributed by atoms with E-state index in [1.165, 1.54) is 11.1 Å². The van der Waals surface area contributed by atoms with E-state index in [1.54, 1.807) is 14.2 Å². The van der Waals surface area contributed by atoms with Crippen LogP contribution in [0.3, 0.4) is 0 Å². The van der Waals surface area contributed by atoms with E-state index >= 15 is 0 Å². The van der Waals surface area contributed by atoms with Crippen molar-refractivity contribution in [1.29, 1.82) is 0 Å². The molecule has 1 aromatic rings. The van der Waals surface area contributed by atoms with E-state index in [2.05, 4.69) is 36.5 Å². The van der Waals surface area contributed by atoms with Gasteiger partial charge in [0.05, 0.1) is 13.2 Å². The Kier molecular flexibility index (Phi) is 6.86. The third kappa shape index (κ3) is 5.31. The first-order valence-corrected chi connectivity index (χ1v) is 6.09. The third-order valence-electron chi connectivity index (χ3n) is 2.79. The van der Waals surface area contributed by atoms with Crippen LogP contribution >= 0.6 is 0 Å². The molecule has 1 rings (SSSR count). The maximum Gasteiger partial charge on any atom is 0.0713 e. The van der Waals surface area contributed by atoms with Gasteiger partial charge in [0.1, 0.15) is 0 Å². The molecule has 0 aliphatic carbocycles. The molecule has 1 N–H and O–H groups in total. The predicted octanol–water partition coefficient (Wildman–Crippen LogP) is 2.35. The van der Waals surface area contributed by atoms with Gasteiger partial charge in [-0.05, 0) is 17.5 Å². The van der Waals surface area contributed by atoms with Gasteiger partial charge in [-0.1, -0.05) is 31.2 Å². The van der Waals surface area contributed by atoms with Crippen molar-refractivity contribution in [2.75, 3.05) is 20.8 Å². The Balaban J connectivity index is 2.40. The van der Waals surface area contributed by atoms with E-state index < -0.39 is 0 Å². The molecular weight excluding hydrogens is 214 g/mol. The molecule has 0 saturated heterocycles. The van der Waals surface area contributed by atoms with E-state index in [4.69, 9.17) is 9.47 Å². The number of benzene rings is 1. The van der Waals surface area contributed by atoms with Crippen LogP contribution < -0.4 is 5.32 Å². The van der Waals surface area contributed by atoms with Crippen LogP contribution in [-0.2, 0) is 22.6 Å². The Morgan fingerprint density at radius 1 is 1.06 bits per heavy atom. The molecule has 0 spiro atoms. The van der Waals surface area contributed by atoms with Crippen LogP contribution in [0.2, 0.25) is 0 Å². The van der Waals surface area contributed by atoms with Gasteiger partial charge in [0.15, 0.2) is 0 Å². The summed E-state index contributed by atoms with van der Waals surface area (Å²) in [5, 5.41) is 3.48. The number of rotatable bonds is 8. The predicted molar refractivity (Wildman–Crippen MR) is 69.9 cm³/mol. The van der Waals surface area contributed by atoms with Gasteiger partial charge in [0.2, 0.25) is 0 Å². The monoisotopic (exact) mass is 237 g/mol. The summed E-state index contributed by atoms with van der Waals surface area (Å²) in [5.74, 6) is 0. The molecule has 0 radical (unpaired) electrons. The highest BCUT2D eigenvalue weighted by Crippen LogP contribution is 2.06. The van der Waals surface area contributed by atoms with Crippen molar-refractivity contribution in [2.45, 2.75) is 32.5 Å². The zero-order chi connectivity index (χ0) is 12.5. The van der Waals surface area contributed by atoms with Gasteiger partial charge in [0, 0.05) is 26.8 Å². The molecule has 96 valence electrons. The van der Waals surface area contributed by atoms with Crippen molar-refractivity contribution >= 4 is 0 Å². The lowest BCUT2D eigenvalue weighted by molar-refractivity contribution is 0.164. The summed E-state index contributed by atoms with van der Waals surface area (Å²) < 4.78 is 10.2. The molecule has 1 atom stereocenters. The molecule has 3 heteroatoms. The number of ether oxygens (including phenoxy) is 2. The summed E-state index contributed by atoms with van der Waals surface area (Å²) in [6.07, 6.45) is 1.08. The number of methoxy groups -OCH3 is 2. The van der Waals surface area contributed by atoms with Crippen LogP contribution in [0, 0.1) is 0 Å². The highest BCUT2D eigenvalue weighted by Gasteiger charge is 2.04. The minimum Gasteiger partial charge on any atom is -0.383 e. The number of hydrogen-bond acceptors (Lipinski definition) is 3. The smallest absolute Gasteiger partial charge is 0.0713 e. The second-order valence-corrected chi connectivity index (χ2v) is 4.19. The molecule has 0 aliphatic rings. The van der Waals surface area contributed by atoms with E-state index in [0.717, 1.165) is 19.6 Å². The van der Waals surface area contributed by atoms with Gasteiger partial charge >= 0.3 is 0 Å². The van der Waals surface area contributed by atoms with Crippen LogP contribution in [-0.4, -0.2) is 26.9 Å². The fourth-order valence-corrected chi connectivity index (χ4v) is 1.70. The summed E-state index contributed by atoms with van der Waals surface area (Å²) in [7, 11) is 3.45. The summed E-state index contributed by atoms with van der Waals surface area (Å²) >= 11 is 0. The molecule has 0 saturated carbocycles. The maximum atomic E-state index is 5.16. The lowest BCUT2D eigenvalue weighted by atomic mass is 10.1. The molecule has 17 heavy (non-hydrogen) atoms. The first-order valence-electron chi connectivity index (χ1n) is 6.09. The van der Waals surface area contributed by atoms with Crippen molar-refractivity contribution in [3.05, 3.63) is 35.4 Å². The van der Waals surface area contributed by atoms with Crippen molar-refractivity contribution in [3.8, 4) is 0 Å². The van der Waals surface area contributed by atoms with Gasteiger partial charge in [-0.3, -0.25) is 0 Å². The van der Waals surface area contributed by atoms with Crippen LogP contribution in [0.15, 0.2) is 24.3 Å². The van der Waals surface area contributed by atoms with Crippen molar-refractivity contribution in [1.82, 2.24) is 5.32 Å². The molecule has 0 bridgehead atoms. The normalized spacial score (nSPS) is 12.6. The molecule has 0 aliphatic heterocycles. The fraction of sp³-hybridized carbons (Fsp3) is 0.571. The van der Waals surface area contributed by atoms with Crippen molar-refractivity contribution in [3.63, 3.8) is 0 Å². The highest BCUT2D eigenvalue weighted by atomic mass is 16.5. The number of nitrogens with one attached hydrogen (secondary N) is 1. The minimum atomic E-state index is 0.429. The highest BCUT2D eigenvalue weighted by molar-refractivity contribution is 5.21. The molecule has 0 amide bonds. The minimum absolute atomic E-state index is 0.429.